The maximum absolute atomic E-state index is 6.13. The Kier molecular flexibility index (Phi) is 3.16. The summed E-state index contributed by atoms with van der Waals surface area (Å²) in [7, 11) is 2.06. The highest BCUT2D eigenvalue weighted by atomic mass is 15.3. The maximum atomic E-state index is 6.13. The predicted molar refractivity (Wildman–Crippen MR) is 60.7 cm³/mol. The van der Waals surface area contributed by atoms with E-state index in [9.17, 15) is 0 Å². The summed E-state index contributed by atoms with van der Waals surface area (Å²) >= 11 is 0. The van der Waals surface area contributed by atoms with Gasteiger partial charge in [0.25, 0.3) is 0 Å². The van der Waals surface area contributed by atoms with E-state index in [0.29, 0.717) is 6.04 Å². The second kappa shape index (κ2) is 4.57. The molecule has 1 saturated carbocycles. The molecule has 1 heterocycles. The van der Waals surface area contributed by atoms with Gasteiger partial charge in [0.15, 0.2) is 5.82 Å². The van der Waals surface area contributed by atoms with Crippen molar-refractivity contribution in [2.75, 3.05) is 11.9 Å². The Labute approximate surface area is 90.5 Å². The summed E-state index contributed by atoms with van der Waals surface area (Å²) in [5, 5.41) is 8.00. The van der Waals surface area contributed by atoms with E-state index in [0.717, 1.165) is 18.7 Å². The van der Waals surface area contributed by atoms with E-state index in [1.54, 1.807) is 6.20 Å². The molecule has 15 heavy (non-hydrogen) atoms. The van der Waals surface area contributed by atoms with Gasteiger partial charge in [0.1, 0.15) is 0 Å². The van der Waals surface area contributed by atoms with Gasteiger partial charge in [-0.15, -0.1) is 5.10 Å². The molecule has 2 rings (SSSR count). The average molecular weight is 206 g/mol. The molecule has 1 aliphatic carbocycles. The van der Waals surface area contributed by atoms with Gasteiger partial charge in [-0.25, -0.2) is 0 Å². The molecule has 0 aliphatic heterocycles. The van der Waals surface area contributed by atoms with Crippen molar-refractivity contribution in [2.45, 2.75) is 37.8 Å². The van der Waals surface area contributed by atoms with Crippen LogP contribution in [0.2, 0.25) is 0 Å². The number of nitrogens with two attached hydrogens (primary N) is 1. The molecule has 0 spiro atoms. The van der Waals surface area contributed by atoms with Crippen LogP contribution in [-0.4, -0.2) is 29.3 Å². The molecule has 0 saturated heterocycles. The van der Waals surface area contributed by atoms with Crippen molar-refractivity contribution in [2.24, 2.45) is 5.73 Å². The summed E-state index contributed by atoms with van der Waals surface area (Å²) in [5.41, 5.74) is 6.13. The molecule has 82 valence electrons. The fourth-order valence-electron chi connectivity index (χ4n) is 2.27. The van der Waals surface area contributed by atoms with Crippen molar-refractivity contribution >= 4 is 5.82 Å². The molecule has 2 N–H and O–H groups in total. The van der Waals surface area contributed by atoms with Crippen LogP contribution in [0, 0.1) is 0 Å². The monoisotopic (exact) mass is 206 g/mol. The molecule has 1 fully saturated rings. The molecule has 0 radical (unpaired) electrons. The molecule has 1 aliphatic rings. The highest BCUT2D eigenvalue weighted by Crippen LogP contribution is 2.23. The second-order valence-corrected chi connectivity index (χ2v) is 4.21. The minimum absolute atomic E-state index is 0.269. The fraction of sp³-hybridized carbons (Fsp3) is 0.636. The van der Waals surface area contributed by atoms with Crippen LogP contribution in [0.3, 0.4) is 0 Å². The van der Waals surface area contributed by atoms with Gasteiger partial charge >= 0.3 is 0 Å². The largest absolute Gasteiger partial charge is 0.354 e. The van der Waals surface area contributed by atoms with Crippen LogP contribution < -0.4 is 10.6 Å². The van der Waals surface area contributed by atoms with Crippen LogP contribution in [0.4, 0.5) is 5.82 Å². The van der Waals surface area contributed by atoms with Gasteiger partial charge in [0, 0.05) is 25.3 Å². The molecular formula is C11H18N4. The number of likely N-dealkylation sites (N-methyl/N-ethyl adjacent to an activating group) is 1. The van der Waals surface area contributed by atoms with Crippen LogP contribution in [0.5, 0.6) is 0 Å². The Morgan fingerprint density at radius 2 is 2.20 bits per heavy atom. The number of aromatic nitrogens is 2. The minimum atomic E-state index is 0.269. The van der Waals surface area contributed by atoms with E-state index in [1.165, 1.54) is 12.8 Å². The summed E-state index contributed by atoms with van der Waals surface area (Å²) in [5.74, 6) is 0.917. The molecule has 0 amide bonds. The van der Waals surface area contributed by atoms with Crippen molar-refractivity contribution in [1.82, 2.24) is 10.2 Å². The van der Waals surface area contributed by atoms with E-state index in [1.807, 2.05) is 12.1 Å². The highest BCUT2D eigenvalue weighted by molar-refractivity contribution is 5.37. The first-order valence-electron chi connectivity index (χ1n) is 5.55. The van der Waals surface area contributed by atoms with Crippen LogP contribution in [0.1, 0.15) is 25.7 Å². The zero-order valence-electron chi connectivity index (χ0n) is 9.13. The van der Waals surface area contributed by atoms with Gasteiger partial charge in [-0.1, -0.05) is 12.8 Å². The Balaban J connectivity index is 2.09. The lowest BCUT2D eigenvalue weighted by atomic mass is 9.90. The van der Waals surface area contributed by atoms with Crippen molar-refractivity contribution in [1.29, 1.82) is 0 Å². The standard InChI is InChI=1S/C11H18N4/c1-15(11-7-4-8-13-14-11)10-6-3-2-5-9(10)12/h4,7-10H,2-3,5-6,12H2,1H3. The molecule has 0 aromatic carbocycles. The molecule has 0 bridgehead atoms. The average Bonchev–Trinajstić information content (AvgIpc) is 2.30. The summed E-state index contributed by atoms with van der Waals surface area (Å²) in [6.07, 6.45) is 6.50. The van der Waals surface area contributed by atoms with Crippen LogP contribution in [0.25, 0.3) is 0 Å². The lowest BCUT2D eigenvalue weighted by molar-refractivity contribution is 0.372. The van der Waals surface area contributed by atoms with Gasteiger partial charge < -0.3 is 10.6 Å². The SMILES string of the molecule is CN(c1cccnn1)C1CCCCC1N. The Hall–Kier alpha value is -1.16. The topological polar surface area (TPSA) is 55.0 Å². The summed E-state index contributed by atoms with van der Waals surface area (Å²) < 4.78 is 0. The second-order valence-electron chi connectivity index (χ2n) is 4.21. The van der Waals surface area contributed by atoms with Crippen LogP contribution in [0.15, 0.2) is 18.3 Å². The molecule has 2 unspecified atom stereocenters. The van der Waals surface area contributed by atoms with Crippen LogP contribution in [-0.2, 0) is 0 Å². The normalized spacial score (nSPS) is 26.3. The number of anilines is 1. The van der Waals surface area contributed by atoms with Gasteiger partial charge in [-0.2, -0.15) is 5.10 Å². The highest BCUT2D eigenvalue weighted by Gasteiger charge is 2.26. The van der Waals surface area contributed by atoms with Gasteiger partial charge in [-0.05, 0) is 25.0 Å². The Morgan fingerprint density at radius 3 is 2.87 bits per heavy atom. The summed E-state index contributed by atoms with van der Waals surface area (Å²) in [6.45, 7) is 0. The first-order valence-corrected chi connectivity index (χ1v) is 5.55. The third kappa shape index (κ3) is 2.26. The number of rotatable bonds is 2. The zero-order valence-corrected chi connectivity index (χ0v) is 9.13. The molecule has 4 nitrogen and oxygen atoms in total. The molecule has 4 heteroatoms. The summed E-state index contributed by atoms with van der Waals surface area (Å²) in [6, 6.07) is 4.57. The maximum Gasteiger partial charge on any atom is 0.151 e. The Morgan fingerprint density at radius 1 is 1.40 bits per heavy atom. The van der Waals surface area contributed by atoms with Crippen LogP contribution >= 0.6 is 0 Å². The smallest absolute Gasteiger partial charge is 0.151 e. The molecule has 2 atom stereocenters. The van der Waals surface area contributed by atoms with E-state index >= 15 is 0 Å². The van der Waals surface area contributed by atoms with Crippen molar-refractivity contribution in [3.05, 3.63) is 18.3 Å². The van der Waals surface area contributed by atoms with E-state index in [-0.39, 0.29) is 6.04 Å². The first-order chi connectivity index (χ1) is 7.29. The molecule has 1 aromatic rings. The third-order valence-electron chi connectivity index (χ3n) is 3.20. The fourth-order valence-corrected chi connectivity index (χ4v) is 2.27. The predicted octanol–water partition coefficient (Wildman–Crippen LogP) is 1.18. The first kappa shape index (κ1) is 10.4. The zero-order chi connectivity index (χ0) is 10.7. The lowest BCUT2D eigenvalue weighted by Crippen LogP contribution is -2.48. The molecular weight excluding hydrogens is 188 g/mol. The van der Waals surface area contributed by atoms with E-state index in [2.05, 4.69) is 22.1 Å². The van der Waals surface area contributed by atoms with E-state index in [4.69, 9.17) is 5.73 Å². The number of nitrogens with zero attached hydrogens (tertiary/aromatic N) is 3. The quantitative estimate of drug-likeness (QED) is 0.789. The number of hydrogen-bond acceptors (Lipinski definition) is 4. The third-order valence-corrected chi connectivity index (χ3v) is 3.20. The van der Waals surface area contributed by atoms with Gasteiger partial charge in [0.05, 0.1) is 0 Å². The van der Waals surface area contributed by atoms with Gasteiger partial charge in [-0.3, -0.25) is 0 Å². The van der Waals surface area contributed by atoms with Gasteiger partial charge in [0.2, 0.25) is 0 Å². The Bertz CT molecular complexity index is 301. The summed E-state index contributed by atoms with van der Waals surface area (Å²) in [4.78, 5) is 2.16. The number of hydrogen-bond donors (Lipinski definition) is 1. The molecule has 1 aromatic heterocycles. The van der Waals surface area contributed by atoms with Crippen molar-refractivity contribution in [3.63, 3.8) is 0 Å². The minimum Gasteiger partial charge on any atom is -0.354 e. The van der Waals surface area contributed by atoms with Crippen molar-refractivity contribution < 1.29 is 0 Å². The lowest BCUT2D eigenvalue weighted by Gasteiger charge is -2.36. The van der Waals surface area contributed by atoms with Crippen molar-refractivity contribution in [3.8, 4) is 0 Å². The van der Waals surface area contributed by atoms with E-state index < -0.39 is 0 Å².